The summed E-state index contributed by atoms with van der Waals surface area (Å²) in [5.74, 6) is -0.0991. The van der Waals surface area contributed by atoms with Gasteiger partial charge in [0.05, 0.1) is 12.9 Å². The van der Waals surface area contributed by atoms with E-state index in [0.29, 0.717) is 6.54 Å². The van der Waals surface area contributed by atoms with Gasteiger partial charge in [-0.3, -0.25) is 9.59 Å². The van der Waals surface area contributed by atoms with Crippen molar-refractivity contribution in [1.82, 2.24) is 5.32 Å². The molecule has 1 rings (SSSR count). The maximum atomic E-state index is 11.8. The van der Waals surface area contributed by atoms with Crippen molar-refractivity contribution in [1.29, 1.82) is 0 Å². The van der Waals surface area contributed by atoms with Crippen molar-refractivity contribution in [3.8, 4) is 0 Å². The largest absolute Gasteiger partial charge is 0.468 e. The van der Waals surface area contributed by atoms with E-state index in [1.54, 1.807) is 6.92 Å². The van der Waals surface area contributed by atoms with Crippen LogP contribution in [0.25, 0.3) is 0 Å². The molecule has 1 N–H and O–H groups in total. The van der Waals surface area contributed by atoms with E-state index in [-0.39, 0.29) is 28.3 Å². The number of hydrogen-bond donors (Lipinski definition) is 1. The molecule has 1 aromatic carbocycles. The summed E-state index contributed by atoms with van der Waals surface area (Å²) in [5.41, 5.74) is 2.66. The normalized spacial score (nSPS) is 12.6. The Morgan fingerprint density at radius 3 is 2.35 bits per heavy atom. The fourth-order valence-electron chi connectivity index (χ4n) is 2.00. The molecule has 0 saturated heterocycles. The maximum absolute atomic E-state index is 11.8. The lowest BCUT2D eigenvalue weighted by Gasteiger charge is -2.19. The van der Waals surface area contributed by atoms with E-state index >= 15 is 0 Å². The van der Waals surface area contributed by atoms with E-state index in [1.165, 1.54) is 30.0 Å². The Bertz CT molecular complexity index is 520. The Hall–Kier alpha value is -1.49. The number of benzene rings is 1. The van der Waals surface area contributed by atoms with Gasteiger partial charge in [-0.15, -0.1) is 11.8 Å². The van der Waals surface area contributed by atoms with Gasteiger partial charge in [0, 0.05) is 6.54 Å². The van der Waals surface area contributed by atoms with Gasteiger partial charge in [-0.1, -0.05) is 45.0 Å². The summed E-state index contributed by atoms with van der Waals surface area (Å²) < 4.78 is 4.63. The lowest BCUT2D eigenvalue weighted by atomic mass is 9.86. The van der Waals surface area contributed by atoms with E-state index < -0.39 is 0 Å². The Morgan fingerprint density at radius 2 is 1.83 bits per heavy atom. The first kappa shape index (κ1) is 19.6. The smallest absolute Gasteiger partial charge is 0.318 e. The van der Waals surface area contributed by atoms with Crippen LogP contribution in [-0.4, -0.2) is 36.5 Å². The molecule has 0 saturated carbocycles. The van der Waals surface area contributed by atoms with Crippen molar-refractivity contribution in [3.05, 3.63) is 35.4 Å². The molecule has 0 bridgehead atoms. The molecule has 1 aromatic rings. The summed E-state index contributed by atoms with van der Waals surface area (Å²) in [7, 11) is 1.35. The molecule has 0 radical (unpaired) electrons. The first-order chi connectivity index (χ1) is 10.7. The monoisotopic (exact) mass is 337 g/mol. The molecule has 0 aliphatic carbocycles. The molecule has 0 heterocycles. The maximum Gasteiger partial charge on any atom is 0.318 e. The second-order valence-corrected chi connectivity index (χ2v) is 7.85. The van der Waals surface area contributed by atoms with Crippen molar-refractivity contribution in [2.24, 2.45) is 0 Å². The highest BCUT2D eigenvalue weighted by Gasteiger charge is 2.15. The lowest BCUT2D eigenvalue weighted by molar-refractivity contribution is -0.139. The van der Waals surface area contributed by atoms with Gasteiger partial charge in [-0.25, -0.2) is 0 Å². The minimum Gasteiger partial charge on any atom is -0.468 e. The predicted octanol–water partition coefficient (Wildman–Crippen LogP) is 2.94. The van der Waals surface area contributed by atoms with Gasteiger partial charge in [0.25, 0.3) is 0 Å². The fraction of sp³-hybridized carbons (Fsp3) is 0.556. The van der Waals surface area contributed by atoms with Crippen molar-refractivity contribution in [2.75, 3.05) is 19.4 Å². The molecule has 0 spiro atoms. The van der Waals surface area contributed by atoms with Crippen LogP contribution in [0.3, 0.4) is 0 Å². The SMILES string of the molecule is COC(=O)C(C)SCC(=O)NCCc1ccc(C(C)(C)C)cc1. The molecule has 23 heavy (non-hydrogen) atoms. The molecule has 4 nitrogen and oxygen atoms in total. The Balaban J connectivity index is 2.31. The minimum atomic E-state index is -0.323. The number of amides is 1. The zero-order valence-corrected chi connectivity index (χ0v) is 15.5. The van der Waals surface area contributed by atoms with Crippen LogP contribution in [-0.2, 0) is 26.2 Å². The van der Waals surface area contributed by atoms with Crippen LogP contribution < -0.4 is 5.32 Å². The first-order valence-corrected chi connectivity index (χ1v) is 8.84. The van der Waals surface area contributed by atoms with Crippen LogP contribution in [0, 0.1) is 0 Å². The second kappa shape index (κ2) is 8.96. The summed E-state index contributed by atoms with van der Waals surface area (Å²) in [6.45, 7) is 8.90. The molecule has 0 aliphatic heterocycles. The van der Waals surface area contributed by atoms with Gasteiger partial charge >= 0.3 is 5.97 Å². The van der Waals surface area contributed by atoms with Gasteiger partial charge in [-0.2, -0.15) is 0 Å². The van der Waals surface area contributed by atoms with Gasteiger partial charge < -0.3 is 10.1 Å². The fourth-order valence-corrected chi connectivity index (χ4v) is 2.74. The number of ether oxygens (including phenoxy) is 1. The summed E-state index contributed by atoms with van der Waals surface area (Å²) in [5, 5.41) is 2.55. The van der Waals surface area contributed by atoms with Gasteiger partial charge in [0.15, 0.2) is 0 Å². The van der Waals surface area contributed by atoms with Gasteiger partial charge in [0.2, 0.25) is 5.91 Å². The van der Waals surface area contributed by atoms with E-state index in [2.05, 4.69) is 55.1 Å². The number of carbonyl (C=O) groups is 2. The summed E-state index contributed by atoms with van der Waals surface area (Å²) in [6.07, 6.45) is 0.799. The quantitative estimate of drug-likeness (QED) is 0.777. The molecular formula is C18H27NO3S. The average Bonchev–Trinajstić information content (AvgIpc) is 2.51. The third-order valence-electron chi connectivity index (χ3n) is 3.55. The Morgan fingerprint density at radius 1 is 1.22 bits per heavy atom. The molecule has 1 amide bonds. The number of nitrogens with one attached hydrogen (secondary N) is 1. The first-order valence-electron chi connectivity index (χ1n) is 7.79. The van der Waals surface area contributed by atoms with Crippen molar-refractivity contribution >= 4 is 23.6 Å². The van der Waals surface area contributed by atoms with Crippen LogP contribution in [0.1, 0.15) is 38.8 Å². The molecule has 0 aliphatic rings. The van der Waals surface area contributed by atoms with Crippen LogP contribution >= 0.6 is 11.8 Å². The second-order valence-electron chi connectivity index (χ2n) is 6.52. The number of thioether (sulfide) groups is 1. The third-order valence-corrected chi connectivity index (χ3v) is 4.67. The topological polar surface area (TPSA) is 55.4 Å². The molecule has 128 valence electrons. The Labute approximate surface area is 143 Å². The molecule has 0 aromatic heterocycles. The molecule has 5 heteroatoms. The van der Waals surface area contributed by atoms with E-state index in [1.807, 2.05) is 0 Å². The number of rotatable bonds is 7. The standard InChI is InChI=1S/C18H27NO3S/c1-13(17(21)22-5)23-12-16(20)19-11-10-14-6-8-15(9-7-14)18(2,3)4/h6-9,13H,10-12H2,1-5H3,(H,19,20). The number of hydrogen-bond acceptors (Lipinski definition) is 4. The molecule has 1 atom stereocenters. The van der Waals surface area contributed by atoms with E-state index in [0.717, 1.165) is 6.42 Å². The number of carbonyl (C=O) groups excluding carboxylic acids is 2. The average molecular weight is 337 g/mol. The van der Waals surface area contributed by atoms with E-state index in [9.17, 15) is 9.59 Å². The third kappa shape index (κ3) is 7.08. The lowest BCUT2D eigenvalue weighted by Crippen LogP contribution is -2.28. The zero-order chi connectivity index (χ0) is 17.5. The Kier molecular flexibility index (Phi) is 7.62. The summed E-state index contributed by atoms with van der Waals surface area (Å²) >= 11 is 1.28. The van der Waals surface area contributed by atoms with Crippen LogP contribution in [0.5, 0.6) is 0 Å². The van der Waals surface area contributed by atoms with Crippen molar-refractivity contribution < 1.29 is 14.3 Å². The zero-order valence-electron chi connectivity index (χ0n) is 14.6. The summed E-state index contributed by atoms with van der Waals surface area (Å²) in [4.78, 5) is 23.0. The van der Waals surface area contributed by atoms with Crippen LogP contribution in [0.4, 0.5) is 0 Å². The van der Waals surface area contributed by atoms with Crippen LogP contribution in [0.2, 0.25) is 0 Å². The van der Waals surface area contributed by atoms with Gasteiger partial charge in [0.1, 0.15) is 5.25 Å². The minimum absolute atomic E-state index is 0.0583. The molecule has 1 unspecified atom stereocenters. The molecule has 0 fully saturated rings. The highest BCUT2D eigenvalue weighted by atomic mass is 32.2. The number of esters is 1. The highest BCUT2D eigenvalue weighted by molar-refractivity contribution is 8.01. The summed E-state index contributed by atoms with van der Waals surface area (Å²) in [6, 6.07) is 8.51. The highest BCUT2D eigenvalue weighted by Crippen LogP contribution is 2.22. The number of methoxy groups -OCH3 is 1. The van der Waals surface area contributed by atoms with Crippen molar-refractivity contribution in [2.45, 2.75) is 44.8 Å². The predicted molar refractivity (Wildman–Crippen MR) is 95.8 cm³/mol. The molecular weight excluding hydrogens is 310 g/mol. The van der Waals surface area contributed by atoms with E-state index in [4.69, 9.17) is 0 Å². The van der Waals surface area contributed by atoms with Gasteiger partial charge in [-0.05, 0) is 29.9 Å². The van der Waals surface area contributed by atoms with Crippen LogP contribution in [0.15, 0.2) is 24.3 Å². The van der Waals surface area contributed by atoms with Crippen molar-refractivity contribution in [3.63, 3.8) is 0 Å².